The van der Waals surface area contributed by atoms with Crippen LogP contribution >= 0.6 is 0 Å². The number of aliphatic hydroxyl groups is 1. The van der Waals surface area contributed by atoms with Gasteiger partial charge in [-0.1, -0.05) is 48.5 Å². The highest BCUT2D eigenvalue weighted by atomic mass is 19.3. The molecule has 0 bridgehead atoms. The molecule has 1 heterocycles. The van der Waals surface area contributed by atoms with Crippen molar-refractivity contribution in [1.29, 1.82) is 0 Å². The maximum absolute atomic E-state index is 14.1. The van der Waals surface area contributed by atoms with E-state index < -0.39 is 48.8 Å². The number of rotatable bonds is 8. The number of likely N-dealkylation sites (tertiary alicyclic amines) is 1. The SMILES string of the molecule is NC(=O)c1ccccc1CNC(=O)C1CC(F)(F)CN1C(=O)C(O)CCc1ccccc1. The Morgan fingerprint density at radius 2 is 1.78 bits per heavy atom. The average molecular weight is 445 g/mol. The average Bonchev–Trinajstić information content (AvgIpc) is 3.11. The van der Waals surface area contributed by atoms with Crippen molar-refractivity contribution in [3.8, 4) is 0 Å². The van der Waals surface area contributed by atoms with Crippen LogP contribution in [0.5, 0.6) is 0 Å². The van der Waals surface area contributed by atoms with Crippen LogP contribution in [0.4, 0.5) is 8.78 Å². The van der Waals surface area contributed by atoms with Crippen molar-refractivity contribution < 1.29 is 28.3 Å². The number of nitrogens with one attached hydrogen (secondary N) is 1. The zero-order valence-corrected chi connectivity index (χ0v) is 17.3. The molecule has 0 radical (unpaired) electrons. The Labute approximate surface area is 184 Å². The van der Waals surface area contributed by atoms with Crippen molar-refractivity contribution in [3.05, 3.63) is 71.3 Å². The Hall–Kier alpha value is -3.33. The van der Waals surface area contributed by atoms with Crippen LogP contribution in [0.3, 0.4) is 0 Å². The number of hydrogen-bond donors (Lipinski definition) is 3. The monoisotopic (exact) mass is 445 g/mol. The highest BCUT2D eigenvalue weighted by Crippen LogP contribution is 2.33. The number of halogens is 2. The van der Waals surface area contributed by atoms with E-state index in [1.54, 1.807) is 18.2 Å². The standard InChI is InChI=1S/C23H25F2N3O4/c24-23(25)12-18(21(31)27-13-16-8-4-5-9-17(16)20(26)30)28(14-23)22(32)19(29)11-10-15-6-2-1-3-7-15/h1-9,18-19,29H,10-14H2,(H2,26,30)(H,27,31). The fourth-order valence-corrected chi connectivity index (χ4v) is 3.76. The van der Waals surface area contributed by atoms with E-state index in [0.717, 1.165) is 10.5 Å². The minimum absolute atomic E-state index is 0.0469. The molecule has 3 amide bonds. The molecule has 2 atom stereocenters. The number of nitrogens with zero attached hydrogens (tertiary/aromatic N) is 1. The van der Waals surface area contributed by atoms with E-state index in [1.807, 2.05) is 30.3 Å². The molecule has 32 heavy (non-hydrogen) atoms. The van der Waals surface area contributed by atoms with Crippen LogP contribution in [-0.2, 0) is 22.6 Å². The second-order valence-corrected chi connectivity index (χ2v) is 7.82. The molecule has 2 unspecified atom stereocenters. The number of benzene rings is 2. The number of alkyl halides is 2. The summed E-state index contributed by atoms with van der Waals surface area (Å²) in [5.74, 6) is -5.62. The summed E-state index contributed by atoms with van der Waals surface area (Å²) in [6, 6.07) is 14.1. The Morgan fingerprint density at radius 1 is 1.12 bits per heavy atom. The predicted octanol–water partition coefficient (Wildman–Crippen LogP) is 1.63. The van der Waals surface area contributed by atoms with Crippen LogP contribution in [0.15, 0.2) is 54.6 Å². The lowest BCUT2D eigenvalue weighted by atomic mass is 10.1. The summed E-state index contributed by atoms with van der Waals surface area (Å²) in [6.07, 6.45) is -1.91. The number of aryl methyl sites for hydroxylation is 1. The maximum atomic E-state index is 14.1. The van der Waals surface area contributed by atoms with Crippen molar-refractivity contribution in [2.75, 3.05) is 6.54 Å². The summed E-state index contributed by atoms with van der Waals surface area (Å²) in [6.45, 7) is -1.05. The number of nitrogens with two attached hydrogens (primary N) is 1. The summed E-state index contributed by atoms with van der Waals surface area (Å²) in [5.41, 5.74) is 6.84. The molecule has 7 nitrogen and oxygen atoms in total. The van der Waals surface area contributed by atoms with Gasteiger partial charge in [-0.25, -0.2) is 8.78 Å². The summed E-state index contributed by atoms with van der Waals surface area (Å²) in [7, 11) is 0. The van der Waals surface area contributed by atoms with Gasteiger partial charge in [0.1, 0.15) is 12.1 Å². The molecule has 0 spiro atoms. The van der Waals surface area contributed by atoms with Gasteiger partial charge in [-0.05, 0) is 30.0 Å². The van der Waals surface area contributed by atoms with Gasteiger partial charge in [0.15, 0.2) is 0 Å². The van der Waals surface area contributed by atoms with Gasteiger partial charge < -0.3 is 21.1 Å². The molecule has 3 rings (SSSR count). The van der Waals surface area contributed by atoms with Crippen LogP contribution < -0.4 is 11.1 Å². The number of carbonyl (C=O) groups is 3. The Kier molecular flexibility index (Phi) is 7.19. The van der Waals surface area contributed by atoms with Crippen molar-refractivity contribution in [2.24, 2.45) is 5.73 Å². The normalized spacial score (nSPS) is 18.2. The zero-order chi connectivity index (χ0) is 23.3. The molecule has 0 saturated carbocycles. The molecule has 170 valence electrons. The van der Waals surface area contributed by atoms with Crippen LogP contribution in [0, 0.1) is 0 Å². The first-order valence-corrected chi connectivity index (χ1v) is 10.2. The fraction of sp³-hybridized carbons (Fsp3) is 0.348. The van der Waals surface area contributed by atoms with Crippen LogP contribution in [-0.4, -0.2) is 52.3 Å². The minimum Gasteiger partial charge on any atom is -0.383 e. The number of carbonyl (C=O) groups excluding carboxylic acids is 3. The van der Waals surface area contributed by atoms with Gasteiger partial charge in [-0.3, -0.25) is 14.4 Å². The van der Waals surface area contributed by atoms with Crippen molar-refractivity contribution >= 4 is 17.7 Å². The van der Waals surface area contributed by atoms with Gasteiger partial charge in [0.25, 0.3) is 11.8 Å². The number of hydrogen-bond acceptors (Lipinski definition) is 4. The third-order valence-electron chi connectivity index (χ3n) is 5.43. The summed E-state index contributed by atoms with van der Waals surface area (Å²) >= 11 is 0. The van der Waals surface area contributed by atoms with Gasteiger partial charge >= 0.3 is 0 Å². The van der Waals surface area contributed by atoms with Crippen molar-refractivity contribution in [3.63, 3.8) is 0 Å². The quantitative estimate of drug-likeness (QED) is 0.573. The Morgan fingerprint density at radius 3 is 2.47 bits per heavy atom. The molecule has 0 aliphatic carbocycles. The molecular weight excluding hydrogens is 420 g/mol. The largest absolute Gasteiger partial charge is 0.383 e. The fourth-order valence-electron chi connectivity index (χ4n) is 3.76. The molecular formula is C23H25F2N3O4. The van der Waals surface area contributed by atoms with E-state index in [9.17, 15) is 28.3 Å². The lowest BCUT2D eigenvalue weighted by Gasteiger charge is -2.25. The van der Waals surface area contributed by atoms with Gasteiger partial charge in [-0.15, -0.1) is 0 Å². The lowest BCUT2D eigenvalue weighted by Crippen LogP contribution is -2.49. The van der Waals surface area contributed by atoms with Gasteiger partial charge in [0.05, 0.1) is 6.54 Å². The summed E-state index contributed by atoms with van der Waals surface area (Å²) < 4.78 is 28.2. The minimum atomic E-state index is -3.25. The zero-order valence-electron chi connectivity index (χ0n) is 17.3. The topological polar surface area (TPSA) is 113 Å². The third-order valence-corrected chi connectivity index (χ3v) is 5.43. The Bertz CT molecular complexity index is 984. The van der Waals surface area contributed by atoms with Gasteiger partial charge in [0.2, 0.25) is 11.8 Å². The number of primary amides is 1. The van der Waals surface area contributed by atoms with Gasteiger partial charge in [-0.2, -0.15) is 0 Å². The van der Waals surface area contributed by atoms with E-state index in [0.29, 0.717) is 12.0 Å². The highest BCUT2D eigenvalue weighted by molar-refractivity contribution is 5.94. The highest BCUT2D eigenvalue weighted by Gasteiger charge is 2.50. The summed E-state index contributed by atoms with van der Waals surface area (Å²) in [5, 5.41) is 12.8. The maximum Gasteiger partial charge on any atom is 0.267 e. The van der Waals surface area contributed by atoms with Crippen LogP contribution in [0.1, 0.15) is 34.3 Å². The molecule has 9 heteroatoms. The first-order valence-electron chi connectivity index (χ1n) is 10.2. The first kappa shape index (κ1) is 23.3. The molecule has 0 aromatic heterocycles. The third kappa shape index (κ3) is 5.67. The first-order chi connectivity index (χ1) is 15.2. The molecule has 1 aliphatic heterocycles. The number of amides is 3. The molecule has 4 N–H and O–H groups in total. The van der Waals surface area contributed by atoms with Gasteiger partial charge in [0, 0.05) is 18.5 Å². The predicted molar refractivity (Wildman–Crippen MR) is 113 cm³/mol. The van der Waals surface area contributed by atoms with E-state index in [1.165, 1.54) is 6.07 Å². The molecule has 1 saturated heterocycles. The van der Waals surface area contributed by atoms with Crippen LogP contribution in [0.2, 0.25) is 0 Å². The second kappa shape index (κ2) is 9.86. The van der Waals surface area contributed by atoms with E-state index >= 15 is 0 Å². The Balaban J connectivity index is 1.65. The molecule has 2 aromatic rings. The van der Waals surface area contributed by atoms with E-state index in [2.05, 4.69) is 5.32 Å². The lowest BCUT2D eigenvalue weighted by molar-refractivity contribution is -0.146. The second-order valence-electron chi connectivity index (χ2n) is 7.82. The molecule has 2 aromatic carbocycles. The van der Waals surface area contributed by atoms with E-state index in [-0.39, 0.29) is 18.5 Å². The number of aliphatic hydroxyl groups excluding tert-OH is 1. The van der Waals surface area contributed by atoms with E-state index in [4.69, 9.17) is 5.73 Å². The summed E-state index contributed by atoms with van der Waals surface area (Å²) in [4.78, 5) is 37.6. The molecule has 1 fully saturated rings. The molecule has 1 aliphatic rings. The smallest absolute Gasteiger partial charge is 0.267 e. The van der Waals surface area contributed by atoms with Crippen LogP contribution in [0.25, 0.3) is 0 Å². The van der Waals surface area contributed by atoms with Crippen molar-refractivity contribution in [1.82, 2.24) is 10.2 Å². The van der Waals surface area contributed by atoms with Crippen molar-refractivity contribution in [2.45, 2.75) is 43.9 Å².